The Hall–Kier alpha value is -0.570. The molecule has 0 aromatic heterocycles. The Morgan fingerprint density at radius 2 is 2.12 bits per heavy atom. The van der Waals surface area contributed by atoms with Crippen molar-refractivity contribution in [3.05, 3.63) is 0 Å². The van der Waals surface area contributed by atoms with E-state index in [0.29, 0.717) is 6.61 Å². The number of rotatable bonds is 6. The molecule has 1 heterocycles. The Kier molecular flexibility index (Phi) is 3.24. The molecule has 0 radical (unpaired) electrons. The number of carbonyl (C=O) groups excluding carboxylic acids is 1. The fourth-order valence-electron chi connectivity index (χ4n) is 2.96. The fraction of sp³-hybridized carbons (Fsp3) is 0.923. The van der Waals surface area contributed by atoms with Crippen LogP contribution in [-0.2, 0) is 14.3 Å². The van der Waals surface area contributed by atoms with Gasteiger partial charge in [0.05, 0.1) is 6.61 Å². The minimum Gasteiger partial charge on any atom is -0.463 e. The first-order chi connectivity index (χ1) is 7.71. The van der Waals surface area contributed by atoms with Gasteiger partial charge in [0, 0.05) is 0 Å². The zero-order chi connectivity index (χ0) is 11.6. The number of hydrogen-bond acceptors (Lipinski definition) is 3. The average molecular weight is 226 g/mol. The van der Waals surface area contributed by atoms with Crippen molar-refractivity contribution in [2.24, 2.45) is 0 Å². The van der Waals surface area contributed by atoms with E-state index < -0.39 is 5.60 Å². The lowest BCUT2D eigenvalue weighted by Gasteiger charge is -2.10. The molecule has 16 heavy (non-hydrogen) atoms. The van der Waals surface area contributed by atoms with Gasteiger partial charge >= 0.3 is 5.97 Å². The summed E-state index contributed by atoms with van der Waals surface area (Å²) >= 11 is 0. The molecule has 92 valence electrons. The molecule has 0 spiro atoms. The highest BCUT2D eigenvalue weighted by molar-refractivity contribution is 5.85. The summed E-state index contributed by atoms with van der Waals surface area (Å²) in [6.07, 6.45) is 7.14. The monoisotopic (exact) mass is 226 g/mol. The molecule has 1 saturated carbocycles. The maximum atomic E-state index is 12.0. The Balaban J connectivity index is 1.82. The molecule has 0 aromatic rings. The molecule has 1 aliphatic carbocycles. The highest BCUT2D eigenvalue weighted by atomic mass is 16.7. The first kappa shape index (κ1) is 11.9. The third-order valence-corrected chi connectivity index (χ3v) is 4.06. The van der Waals surface area contributed by atoms with Gasteiger partial charge in [-0.3, -0.25) is 0 Å². The Morgan fingerprint density at radius 1 is 1.31 bits per heavy atom. The van der Waals surface area contributed by atoms with E-state index in [4.69, 9.17) is 9.47 Å². The quantitative estimate of drug-likeness (QED) is 0.397. The van der Waals surface area contributed by atoms with Crippen LogP contribution in [0.5, 0.6) is 0 Å². The van der Waals surface area contributed by atoms with Gasteiger partial charge in [-0.05, 0) is 32.1 Å². The number of ether oxygens (including phenoxy) is 2. The topological polar surface area (TPSA) is 38.8 Å². The van der Waals surface area contributed by atoms with Crippen LogP contribution in [0.3, 0.4) is 0 Å². The number of unbranched alkanes of at least 4 members (excludes halogenated alkanes) is 2. The van der Waals surface area contributed by atoms with E-state index in [9.17, 15) is 4.79 Å². The van der Waals surface area contributed by atoms with Gasteiger partial charge in [0.2, 0.25) is 0 Å². The van der Waals surface area contributed by atoms with Crippen LogP contribution >= 0.6 is 0 Å². The van der Waals surface area contributed by atoms with Gasteiger partial charge in [-0.15, -0.1) is 0 Å². The number of hydrogen-bond donors (Lipinski definition) is 0. The molecular weight excluding hydrogens is 204 g/mol. The molecule has 2 unspecified atom stereocenters. The van der Waals surface area contributed by atoms with E-state index in [1.165, 1.54) is 0 Å². The van der Waals surface area contributed by atoms with Crippen molar-refractivity contribution in [3.8, 4) is 0 Å². The summed E-state index contributed by atoms with van der Waals surface area (Å²) in [5.74, 6) is -0.108. The summed E-state index contributed by atoms with van der Waals surface area (Å²) in [6, 6.07) is 0. The molecule has 2 rings (SSSR count). The van der Waals surface area contributed by atoms with E-state index in [-0.39, 0.29) is 11.6 Å². The summed E-state index contributed by atoms with van der Waals surface area (Å²) in [7, 11) is 0. The molecule has 0 bridgehead atoms. The number of epoxide rings is 1. The SMILES string of the molecule is CCCCCOC(=O)C12CCCC1(CC)O2. The number of esters is 1. The van der Waals surface area contributed by atoms with Crippen LogP contribution in [0.4, 0.5) is 0 Å². The first-order valence-electron chi connectivity index (χ1n) is 6.58. The third kappa shape index (κ3) is 1.65. The predicted octanol–water partition coefficient (Wildman–Crippen LogP) is 2.82. The van der Waals surface area contributed by atoms with Crippen molar-refractivity contribution in [2.45, 2.75) is 70.0 Å². The lowest BCUT2D eigenvalue weighted by atomic mass is 9.94. The van der Waals surface area contributed by atoms with Gasteiger partial charge in [-0.25, -0.2) is 4.79 Å². The summed E-state index contributed by atoms with van der Waals surface area (Å²) < 4.78 is 11.1. The van der Waals surface area contributed by atoms with Crippen LogP contribution in [0.15, 0.2) is 0 Å². The molecule has 2 fully saturated rings. The van der Waals surface area contributed by atoms with Gasteiger partial charge in [-0.2, -0.15) is 0 Å². The van der Waals surface area contributed by atoms with Gasteiger partial charge in [0.1, 0.15) is 5.60 Å². The Morgan fingerprint density at radius 3 is 2.75 bits per heavy atom. The Labute approximate surface area is 97.5 Å². The van der Waals surface area contributed by atoms with Crippen molar-refractivity contribution in [1.82, 2.24) is 0 Å². The van der Waals surface area contributed by atoms with Gasteiger partial charge < -0.3 is 9.47 Å². The van der Waals surface area contributed by atoms with Crippen molar-refractivity contribution in [3.63, 3.8) is 0 Å². The first-order valence-corrected chi connectivity index (χ1v) is 6.58. The number of carbonyl (C=O) groups is 1. The molecule has 2 atom stereocenters. The lowest BCUT2D eigenvalue weighted by Crippen LogP contribution is -2.31. The maximum absolute atomic E-state index is 12.0. The smallest absolute Gasteiger partial charge is 0.341 e. The van der Waals surface area contributed by atoms with Gasteiger partial charge in [0.15, 0.2) is 5.60 Å². The summed E-state index contributed by atoms with van der Waals surface area (Å²) in [6.45, 7) is 4.79. The predicted molar refractivity (Wildman–Crippen MR) is 61.2 cm³/mol. The normalized spacial score (nSPS) is 35.9. The van der Waals surface area contributed by atoms with Crippen LogP contribution in [0.1, 0.15) is 58.8 Å². The highest BCUT2D eigenvalue weighted by Crippen LogP contribution is 2.62. The second kappa shape index (κ2) is 4.36. The molecule has 3 heteroatoms. The van der Waals surface area contributed by atoms with Crippen LogP contribution < -0.4 is 0 Å². The van der Waals surface area contributed by atoms with Crippen LogP contribution in [0.25, 0.3) is 0 Å². The molecule has 3 nitrogen and oxygen atoms in total. The standard InChI is InChI=1S/C13H22O3/c1-3-5-6-10-15-11(14)13-9-7-8-12(13,4-2)16-13/h3-10H2,1-2H3. The van der Waals surface area contributed by atoms with Crippen LogP contribution in [0.2, 0.25) is 0 Å². The Bertz CT molecular complexity index is 276. The summed E-state index contributed by atoms with van der Waals surface area (Å²) in [4.78, 5) is 12.0. The molecule has 0 aromatic carbocycles. The minimum atomic E-state index is -0.548. The zero-order valence-electron chi connectivity index (χ0n) is 10.4. The van der Waals surface area contributed by atoms with E-state index in [2.05, 4.69) is 13.8 Å². The largest absolute Gasteiger partial charge is 0.463 e. The lowest BCUT2D eigenvalue weighted by molar-refractivity contribution is -0.150. The van der Waals surface area contributed by atoms with Gasteiger partial charge in [-0.1, -0.05) is 26.7 Å². The highest BCUT2D eigenvalue weighted by Gasteiger charge is 2.76. The zero-order valence-corrected chi connectivity index (χ0v) is 10.4. The summed E-state index contributed by atoms with van der Waals surface area (Å²) in [5, 5.41) is 0. The molecular formula is C13H22O3. The average Bonchev–Trinajstić information content (AvgIpc) is 2.83. The van der Waals surface area contributed by atoms with E-state index in [0.717, 1.165) is 44.9 Å². The van der Waals surface area contributed by atoms with Gasteiger partial charge in [0.25, 0.3) is 0 Å². The second-order valence-corrected chi connectivity index (χ2v) is 4.97. The van der Waals surface area contributed by atoms with Crippen LogP contribution in [0, 0.1) is 0 Å². The molecule has 0 N–H and O–H groups in total. The van der Waals surface area contributed by atoms with Crippen molar-refractivity contribution >= 4 is 5.97 Å². The third-order valence-electron chi connectivity index (χ3n) is 4.06. The summed E-state index contributed by atoms with van der Waals surface area (Å²) in [5.41, 5.74) is -0.706. The fourth-order valence-corrected chi connectivity index (χ4v) is 2.96. The molecule has 1 saturated heterocycles. The molecule has 1 aliphatic heterocycles. The van der Waals surface area contributed by atoms with E-state index >= 15 is 0 Å². The maximum Gasteiger partial charge on any atom is 0.341 e. The molecule has 0 amide bonds. The minimum absolute atomic E-state index is 0.108. The number of fused-ring (bicyclic) bond motifs is 1. The van der Waals surface area contributed by atoms with Crippen molar-refractivity contribution < 1.29 is 14.3 Å². The van der Waals surface area contributed by atoms with Crippen molar-refractivity contribution in [1.29, 1.82) is 0 Å². The molecule has 2 aliphatic rings. The van der Waals surface area contributed by atoms with E-state index in [1.54, 1.807) is 0 Å². The van der Waals surface area contributed by atoms with Crippen LogP contribution in [-0.4, -0.2) is 23.8 Å². The van der Waals surface area contributed by atoms with E-state index in [1.807, 2.05) is 0 Å². The second-order valence-electron chi connectivity index (χ2n) is 4.97. The van der Waals surface area contributed by atoms with Crippen molar-refractivity contribution in [2.75, 3.05) is 6.61 Å².